The van der Waals surface area contributed by atoms with Crippen molar-refractivity contribution in [3.63, 3.8) is 0 Å². The van der Waals surface area contributed by atoms with Crippen molar-refractivity contribution in [3.8, 4) is 0 Å². The number of carbonyl (C=O) groups excluding carboxylic acids is 2. The molecular weight excluding hydrogens is 396 g/mol. The summed E-state index contributed by atoms with van der Waals surface area (Å²) < 4.78 is 30.8. The van der Waals surface area contributed by atoms with E-state index in [4.69, 9.17) is 4.74 Å². The van der Waals surface area contributed by atoms with E-state index in [1.165, 1.54) is 26.2 Å². The van der Waals surface area contributed by atoms with E-state index < -0.39 is 10.0 Å². The number of anilines is 1. The Hall–Kier alpha value is -2.17. The topological polar surface area (TPSA) is 99.3 Å². The van der Waals surface area contributed by atoms with E-state index in [-0.39, 0.29) is 29.4 Å². The van der Waals surface area contributed by atoms with Gasteiger partial charge in [-0.05, 0) is 24.1 Å². The maximum absolute atomic E-state index is 12.4. The molecule has 1 aliphatic rings. The molecule has 0 bridgehead atoms. The fraction of sp³-hybridized carbons (Fsp3) is 0.579. The summed E-state index contributed by atoms with van der Waals surface area (Å²) in [6.07, 6.45) is -0.318. The van der Waals surface area contributed by atoms with E-state index in [9.17, 15) is 18.0 Å². The van der Waals surface area contributed by atoms with Crippen molar-refractivity contribution in [3.05, 3.63) is 24.3 Å². The lowest BCUT2D eigenvalue weighted by molar-refractivity contribution is -0.117. The van der Waals surface area contributed by atoms with Crippen LogP contribution in [0.25, 0.3) is 0 Å². The van der Waals surface area contributed by atoms with Crippen LogP contribution in [0.1, 0.15) is 13.8 Å². The fourth-order valence-corrected chi connectivity index (χ4v) is 3.71. The first-order valence-electron chi connectivity index (χ1n) is 9.56. The maximum atomic E-state index is 12.4. The quantitative estimate of drug-likeness (QED) is 0.705. The van der Waals surface area contributed by atoms with Gasteiger partial charge in [0.15, 0.2) is 0 Å². The second-order valence-electron chi connectivity index (χ2n) is 7.60. The lowest BCUT2D eigenvalue weighted by Gasteiger charge is -2.33. The first-order valence-corrected chi connectivity index (χ1v) is 11.0. The summed E-state index contributed by atoms with van der Waals surface area (Å²) in [5, 5.41) is 2.74. The van der Waals surface area contributed by atoms with Crippen LogP contribution in [0.4, 0.5) is 10.5 Å². The van der Waals surface area contributed by atoms with Gasteiger partial charge < -0.3 is 15.0 Å². The van der Waals surface area contributed by atoms with Gasteiger partial charge in [0.05, 0.1) is 18.0 Å². The molecule has 0 spiro atoms. The average molecular weight is 427 g/mol. The molecule has 29 heavy (non-hydrogen) atoms. The summed E-state index contributed by atoms with van der Waals surface area (Å²) in [4.78, 5) is 28.0. The van der Waals surface area contributed by atoms with Crippen molar-refractivity contribution in [2.75, 3.05) is 58.7 Å². The van der Waals surface area contributed by atoms with E-state index >= 15 is 0 Å². The number of amides is 2. The molecule has 1 aliphatic heterocycles. The predicted octanol–water partition coefficient (Wildman–Crippen LogP) is 1.29. The summed E-state index contributed by atoms with van der Waals surface area (Å²) >= 11 is 0. The van der Waals surface area contributed by atoms with E-state index in [1.54, 1.807) is 17.0 Å². The third-order valence-corrected chi connectivity index (χ3v) is 6.25. The molecule has 1 fully saturated rings. The van der Waals surface area contributed by atoms with Crippen molar-refractivity contribution in [1.29, 1.82) is 0 Å². The van der Waals surface area contributed by atoms with Crippen LogP contribution in [0, 0.1) is 5.92 Å². The maximum Gasteiger partial charge on any atom is 0.409 e. The van der Waals surface area contributed by atoms with Crippen LogP contribution in [-0.2, 0) is 19.6 Å². The molecule has 0 aromatic heterocycles. The molecule has 1 N–H and O–H groups in total. The average Bonchev–Trinajstić information content (AvgIpc) is 2.66. The first-order chi connectivity index (χ1) is 13.6. The Morgan fingerprint density at radius 3 is 2.41 bits per heavy atom. The summed E-state index contributed by atoms with van der Waals surface area (Å²) in [7, 11) is -0.650. The Bertz CT molecular complexity index is 818. The Morgan fingerprint density at radius 2 is 1.83 bits per heavy atom. The van der Waals surface area contributed by atoms with Crippen LogP contribution in [-0.4, -0.2) is 87.9 Å². The normalized spacial score (nSPS) is 15.6. The number of nitrogens with zero attached hydrogens (tertiary/aromatic N) is 3. The second kappa shape index (κ2) is 10.0. The highest BCUT2D eigenvalue weighted by Gasteiger charge is 2.24. The lowest BCUT2D eigenvalue weighted by atomic mass is 10.2. The summed E-state index contributed by atoms with van der Waals surface area (Å²) in [6.45, 7) is 6.66. The highest BCUT2D eigenvalue weighted by atomic mass is 32.2. The van der Waals surface area contributed by atoms with Gasteiger partial charge in [0.2, 0.25) is 15.9 Å². The van der Waals surface area contributed by atoms with Crippen molar-refractivity contribution in [2.45, 2.75) is 18.7 Å². The lowest BCUT2D eigenvalue weighted by Crippen LogP contribution is -2.50. The van der Waals surface area contributed by atoms with Gasteiger partial charge >= 0.3 is 6.09 Å². The molecule has 0 aliphatic carbocycles. The summed E-state index contributed by atoms with van der Waals surface area (Å²) in [5.74, 6) is 0.0513. The zero-order valence-corrected chi connectivity index (χ0v) is 18.2. The molecule has 1 aromatic carbocycles. The van der Waals surface area contributed by atoms with Crippen molar-refractivity contribution < 1.29 is 22.7 Å². The van der Waals surface area contributed by atoms with E-state index in [0.717, 1.165) is 4.31 Å². The SMILES string of the molecule is CC(C)COC(=O)N1CCN(CC(=O)Nc2cccc(S(=O)(=O)N(C)C)c2)CC1. The van der Waals surface area contributed by atoms with Gasteiger partial charge in [-0.15, -0.1) is 0 Å². The highest BCUT2D eigenvalue weighted by Crippen LogP contribution is 2.18. The van der Waals surface area contributed by atoms with Crippen LogP contribution >= 0.6 is 0 Å². The molecule has 0 unspecified atom stereocenters. The molecule has 0 saturated carbocycles. The molecule has 0 radical (unpaired) electrons. The van der Waals surface area contributed by atoms with Gasteiger partial charge in [-0.25, -0.2) is 17.5 Å². The number of nitrogens with one attached hydrogen (secondary N) is 1. The number of carbonyl (C=O) groups is 2. The number of benzene rings is 1. The van der Waals surface area contributed by atoms with Crippen molar-refractivity contribution in [2.24, 2.45) is 5.92 Å². The Morgan fingerprint density at radius 1 is 1.17 bits per heavy atom. The molecule has 2 rings (SSSR count). The third kappa shape index (κ3) is 6.69. The number of piperazine rings is 1. The molecule has 1 heterocycles. The first kappa shape index (κ1) is 23.1. The van der Waals surface area contributed by atoms with Gasteiger partial charge in [0, 0.05) is 46.0 Å². The van der Waals surface area contributed by atoms with Crippen LogP contribution in [0.5, 0.6) is 0 Å². The number of rotatable bonds is 7. The van der Waals surface area contributed by atoms with Gasteiger partial charge in [0.1, 0.15) is 0 Å². The Kier molecular flexibility index (Phi) is 8.00. The van der Waals surface area contributed by atoms with E-state index in [0.29, 0.717) is 38.5 Å². The smallest absolute Gasteiger partial charge is 0.409 e. The van der Waals surface area contributed by atoms with Gasteiger partial charge in [-0.2, -0.15) is 0 Å². The third-order valence-electron chi connectivity index (χ3n) is 4.43. The van der Waals surface area contributed by atoms with Gasteiger partial charge in [-0.3, -0.25) is 9.69 Å². The Labute approximate surface area is 172 Å². The van der Waals surface area contributed by atoms with Gasteiger partial charge in [0.25, 0.3) is 0 Å². The standard InChI is InChI=1S/C19H30N4O5S/c1-15(2)14-28-19(25)23-10-8-22(9-11-23)13-18(24)20-16-6-5-7-17(12-16)29(26,27)21(3)4/h5-7,12,15H,8-11,13-14H2,1-4H3,(H,20,24). The molecule has 162 valence electrons. The molecule has 9 nitrogen and oxygen atoms in total. The van der Waals surface area contributed by atoms with Gasteiger partial charge in [-0.1, -0.05) is 19.9 Å². The minimum Gasteiger partial charge on any atom is -0.449 e. The molecule has 2 amide bonds. The van der Waals surface area contributed by atoms with Crippen LogP contribution < -0.4 is 5.32 Å². The minimum atomic E-state index is -3.56. The van der Waals surface area contributed by atoms with E-state index in [2.05, 4.69) is 5.32 Å². The van der Waals surface area contributed by atoms with Crippen LogP contribution in [0.2, 0.25) is 0 Å². The zero-order chi connectivity index (χ0) is 21.6. The largest absolute Gasteiger partial charge is 0.449 e. The monoisotopic (exact) mass is 426 g/mol. The minimum absolute atomic E-state index is 0.119. The number of hydrogen-bond donors (Lipinski definition) is 1. The molecule has 10 heteroatoms. The number of hydrogen-bond acceptors (Lipinski definition) is 6. The highest BCUT2D eigenvalue weighted by molar-refractivity contribution is 7.89. The molecule has 0 atom stereocenters. The zero-order valence-electron chi connectivity index (χ0n) is 17.4. The molecule has 1 aromatic rings. The number of ether oxygens (including phenoxy) is 1. The summed E-state index contributed by atoms with van der Waals surface area (Å²) in [5.41, 5.74) is 0.425. The molecular formula is C19H30N4O5S. The van der Waals surface area contributed by atoms with Crippen LogP contribution in [0.3, 0.4) is 0 Å². The van der Waals surface area contributed by atoms with Crippen molar-refractivity contribution >= 4 is 27.7 Å². The fourth-order valence-electron chi connectivity index (χ4n) is 2.77. The number of sulfonamides is 1. The van der Waals surface area contributed by atoms with Crippen molar-refractivity contribution in [1.82, 2.24) is 14.1 Å². The summed E-state index contributed by atoms with van der Waals surface area (Å²) in [6, 6.07) is 6.17. The second-order valence-corrected chi connectivity index (χ2v) is 9.75. The molecule has 1 saturated heterocycles. The predicted molar refractivity (Wildman–Crippen MR) is 110 cm³/mol. The van der Waals surface area contributed by atoms with E-state index in [1.807, 2.05) is 18.7 Å². The van der Waals surface area contributed by atoms with Crippen LogP contribution in [0.15, 0.2) is 29.2 Å². The Balaban J connectivity index is 1.84.